The van der Waals surface area contributed by atoms with Crippen molar-refractivity contribution in [2.75, 3.05) is 0 Å². The fourth-order valence-electron chi connectivity index (χ4n) is 1.87. The van der Waals surface area contributed by atoms with Crippen LogP contribution in [0, 0.1) is 0 Å². The number of hydrogen-bond donors (Lipinski definition) is 2. The molecule has 0 spiro atoms. The number of nitrogens with zero attached hydrogens (tertiary/aromatic N) is 2. The van der Waals surface area contributed by atoms with Crippen molar-refractivity contribution in [2.45, 2.75) is 0 Å². The van der Waals surface area contributed by atoms with Gasteiger partial charge >= 0.3 is 0 Å². The molecule has 0 radical (unpaired) electrons. The van der Waals surface area contributed by atoms with E-state index in [-0.39, 0.29) is 0 Å². The van der Waals surface area contributed by atoms with Gasteiger partial charge in [0.2, 0.25) is 0 Å². The summed E-state index contributed by atoms with van der Waals surface area (Å²) in [5.41, 5.74) is 7.69. The van der Waals surface area contributed by atoms with Gasteiger partial charge in [-0.25, -0.2) is 4.98 Å². The summed E-state index contributed by atoms with van der Waals surface area (Å²) in [5.74, 6) is -0.520. The van der Waals surface area contributed by atoms with Gasteiger partial charge in [-0.3, -0.25) is 9.89 Å². The van der Waals surface area contributed by atoms with Crippen molar-refractivity contribution in [3.05, 3.63) is 48.2 Å². The van der Waals surface area contributed by atoms with Gasteiger partial charge in [-0.15, -0.1) is 0 Å². The maximum atomic E-state index is 11.3. The molecular formula is C13H10N4O. The Labute approximate surface area is 103 Å². The zero-order valence-electron chi connectivity index (χ0n) is 9.42. The zero-order valence-corrected chi connectivity index (χ0v) is 9.42. The number of pyridine rings is 1. The lowest BCUT2D eigenvalue weighted by atomic mass is 10.1. The predicted octanol–water partition coefficient (Wildman–Crippen LogP) is 1.72. The van der Waals surface area contributed by atoms with E-state index in [4.69, 9.17) is 5.73 Å². The number of rotatable bonds is 2. The van der Waals surface area contributed by atoms with E-state index in [9.17, 15) is 4.79 Å². The van der Waals surface area contributed by atoms with Crippen molar-refractivity contribution in [2.24, 2.45) is 5.73 Å². The normalized spacial score (nSPS) is 10.7. The van der Waals surface area contributed by atoms with Crippen LogP contribution in [-0.4, -0.2) is 21.1 Å². The van der Waals surface area contributed by atoms with Crippen LogP contribution in [-0.2, 0) is 0 Å². The highest BCUT2D eigenvalue weighted by molar-refractivity contribution is 5.98. The van der Waals surface area contributed by atoms with Crippen LogP contribution < -0.4 is 5.73 Å². The second kappa shape index (κ2) is 3.96. The van der Waals surface area contributed by atoms with Gasteiger partial charge in [-0.1, -0.05) is 24.3 Å². The summed E-state index contributed by atoms with van der Waals surface area (Å²) in [4.78, 5) is 15.7. The number of carbonyl (C=O) groups excluding carboxylic acids is 1. The highest BCUT2D eigenvalue weighted by atomic mass is 16.1. The summed E-state index contributed by atoms with van der Waals surface area (Å²) in [6.45, 7) is 0. The molecule has 0 fully saturated rings. The number of amides is 1. The summed E-state index contributed by atoms with van der Waals surface area (Å²) < 4.78 is 0. The lowest BCUT2D eigenvalue weighted by Gasteiger charge is -2.02. The molecule has 0 saturated carbocycles. The molecule has 2 heterocycles. The number of H-pyrrole nitrogens is 1. The highest BCUT2D eigenvalue weighted by Gasteiger charge is 2.13. The Bertz CT molecular complexity index is 732. The van der Waals surface area contributed by atoms with Crippen molar-refractivity contribution in [1.82, 2.24) is 15.2 Å². The molecule has 3 N–H and O–H groups in total. The van der Waals surface area contributed by atoms with E-state index < -0.39 is 5.91 Å². The maximum Gasteiger partial charge on any atom is 0.252 e. The van der Waals surface area contributed by atoms with Crippen LogP contribution in [0.4, 0.5) is 0 Å². The Hall–Kier alpha value is -2.69. The van der Waals surface area contributed by atoms with E-state index in [1.54, 1.807) is 0 Å². The first kappa shape index (κ1) is 10.5. The van der Waals surface area contributed by atoms with Crippen LogP contribution in [0.2, 0.25) is 0 Å². The number of fused-ring (bicyclic) bond motifs is 1. The average Bonchev–Trinajstić information content (AvgIpc) is 2.87. The molecule has 0 aliphatic carbocycles. The fourth-order valence-corrected chi connectivity index (χ4v) is 1.87. The number of carbonyl (C=O) groups is 1. The second-order valence-electron chi connectivity index (χ2n) is 3.91. The fraction of sp³-hybridized carbons (Fsp3) is 0. The Balaban J connectivity index is 2.19. The molecule has 88 valence electrons. The lowest BCUT2D eigenvalue weighted by molar-refractivity contribution is 0.100. The van der Waals surface area contributed by atoms with Gasteiger partial charge in [-0.2, -0.15) is 5.10 Å². The SMILES string of the molecule is NC(=O)c1cn[nH]c1-c1ccc2ccccc2n1. The van der Waals surface area contributed by atoms with E-state index in [1.165, 1.54) is 6.20 Å². The van der Waals surface area contributed by atoms with Gasteiger partial charge in [0.25, 0.3) is 5.91 Å². The number of hydrogen-bond acceptors (Lipinski definition) is 3. The van der Waals surface area contributed by atoms with Crippen molar-refractivity contribution in [3.63, 3.8) is 0 Å². The third-order valence-corrected chi connectivity index (χ3v) is 2.76. The molecule has 0 aliphatic rings. The molecule has 0 bridgehead atoms. The number of para-hydroxylation sites is 1. The largest absolute Gasteiger partial charge is 0.365 e. The zero-order chi connectivity index (χ0) is 12.5. The molecule has 0 saturated heterocycles. The quantitative estimate of drug-likeness (QED) is 0.712. The van der Waals surface area contributed by atoms with Gasteiger partial charge in [0.1, 0.15) is 0 Å². The predicted molar refractivity (Wildman–Crippen MR) is 67.8 cm³/mol. The van der Waals surface area contributed by atoms with Gasteiger partial charge < -0.3 is 5.73 Å². The Morgan fingerprint density at radius 3 is 2.83 bits per heavy atom. The first-order chi connectivity index (χ1) is 8.75. The molecule has 1 amide bonds. The second-order valence-corrected chi connectivity index (χ2v) is 3.91. The van der Waals surface area contributed by atoms with Crippen LogP contribution in [0.5, 0.6) is 0 Å². The monoisotopic (exact) mass is 238 g/mol. The number of aromatic amines is 1. The van der Waals surface area contributed by atoms with E-state index >= 15 is 0 Å². The molecule has 5 nitrogen and oxygen atoms in total. The van der Waals surface area contributed by atoms with Crippen molar-refractivity contribution < 1.29 is 4.79 Å². The minimum Gasteiger partial charge on any atom is -0.365 e. The van der Waals surface area contributed by atoms with Crippen LogP contribution in [0.25, 0.3) is 22.3 Å². The van der Waals surface area contributed by atoms with Crippen molar-refractivity contribution in [1.29, 1.82) is 0 Å². The Morgan fingerprint density at radius 2 is 2.00 bits per heavy atom. The molecule has 5 heteroatoms. The van der Waals surface area contributed by atoms with E-state index in [1.807, 2.05) is 36.4 Å². The third kappa shape index (κ3) is 1.62. The molecular weight excluding hydrogens is 228 g/mol. The smallest absolute Gasteiger partial charge is 0.252 e. The van der Waals surface area contributed by atoms with Gasteiger partial charge in [0.15, 0.2) is 0 Å². The highest BCUT2D eigenvalue weighted by Crippen LogP contribution is 2.21. The molecule has 3 rings (SSSR count). The van der Waals surface area contributed by atoms with Crippen LogP contribution >= 0.6 is 0 Å². The molecule has 0 unspecified atom stereocenters. The molecule has 1 aromatic carbocycles. The Kier molecular flexibility index (Phi) is 2.30. The lowest BCUT2D eigenvalue weighted by Crippen LogP contribution is -2.11. The topological polar surface area (TPSA) is 84.7 Å². The summed E-state index contributed by atoms with van der Waals surface area (Å²) in [6, 6.07) is 11.6. The van der Waals surface area contributed by atoms with Crippen LogP contribution in [0.15, 0.2) is 42.6 Å². The number of primary amides is 1. The number of benzene rings is 1. The molecule has 0 aliphatic heterocycles. The Morgan fingerprint density at radius 1 is 1.17 bits per heavy atom. The third-order valence-electron chi connectivity index (χ3n) is 2.76. The summed E-state index contributed by atoms with van der Waals surface area (Å²) in [5, 5.41) is 7.63. The number of nitrogens with one attached hydrogen (secondary N) is 1. The van der Waals surface area contributed by atoms with Gasteiger partial charge in [0, 0.05) is 5.39 Å². The van der Waals surface area contributed by atoms with Gasteiger partial charge in [0.05, 0.1) is 28.7 Å². The summed E-state index contributed by atoms with van der Waals surface area (Å²) in [7, 11) is 0. The molecule has 2 aromatic heterocycles. The standard InChI is InChI=1S/C13H10N4O/c14-13(18)9-7-15-17-12(9)11-6-5-8-3-1-2-4-10(8)16-11/h1-7H,(H2,14,18)(H,15,17). The molecule has 3 aromatic rings. The first-order valence-electron chi connectivity index (χ1n) is 5.45. The summed E-state index contributed by atoms with van der Waals surface area (Å²) >= 11 is 0. The van der Waals surface area contributed by atoms with Crippen LogP contribution in [0.1, 0.15) is 10.4 Å². The van der Waals surface area contributed by atoms with E-state index in [2.05, 4.69) is 15.2 Å². The summed E-state index contributed by atoms with van der Waals surface area (Å²) in [6.07, 6.45) is 1.41. The number of aromatic nitrogens is 3. The maximum absolute atomic E-state index is 11.3. The van der Waals surface area contributed by atoms with E-state index in [0.29, 0.717) is 17.0 Å². The number of nitrogens with two attached hydrogens (primary N) is 1. The molecule has 18 heavy (non-hydrogen) atoms. The minimum atomic E-state index is -0.520. The van der Waals surface area contributed by atoms with Crippen molar-refractivity contribution in [3.8, 4) is 11.4 Å². The molecule has 0 atom stereocenters. The average molecular weight is 238 g/mol. The first-order valence-corrected chi connectivity index (χ1v) is 5.45. The van der Waals surface area contributed by atoms with Gasteiger partial charge in [-0.05, 0) is 12.1 Å². The van der Waals surface area contributed by atoms with E-state index in [0.717, 1.165) is 10.9 Å². The minimum absolute atomic E-state index is 0.345. The van der Waals surface area contributed by atoms with Crippen LogP contribution in [0.3, 0.4) is 0 Å². The van der Waals surface area contributed by atoms with Crippen molar-refractivity contribution >= 4 is 16.8 Å².